The number of hydrogen-bond acceptors (Lipinski definition) is 10. The molecule has 46 heavy (non-hydrogen) atoms. The first-order valence-corrected chi connectivity index (χ1v) is 22.0. The van der Waals surface area contributed by atoms with Gasteiger partial charge >= 0.3 is 11.8 Å². The fraction of sp³-hybridized carbons (Fsp3) is 0.793. The predicted octanol–water partition coefficient (Wildman–Crippen LogP) is 6.48. The molecule has 1 aromatic heterocycles. The highest BCUT2D eigenvalue weighted by Gasteiger charge is 2.52. The fourth-order valence-corrected chi connectivity index (χ4v) is 6.55. The number of nitrogens with zero attached hydrogens (tertiary/aromatic N) is 2. The molecule has 1 saturated heterocycles. The molecular formula is C29H50Cl3N3O9Si2. The third-order valence-corrected chi connectivity index (χ3v) is 19.5. The largest absolute Gasteiger partial charge is 0.439 e. The van der Waals surface area contributed by atoms with Crippen LogP contribution in [0, 0.1) is 0 Å². The maximum atomic E-state index is 13.6. The Labute approximate surface area is 288 Å². The van der Waals surface area contributed by atoms with E-state index in [0.29, 0.717) is 6.29 Å². The number of carbonyl (C=O) groups excluding carboxylic acids is 2. The molecule has 0 radical (unpaired) electrons. The van der Waals surface area contributed by atoms with Gasteiger partial charge in [-0.1, -0.05) is 76.3 Å². The van der Waals surface area contributed by atoms with Crippen LogP contribution in [0.3, 0.4) is 0 Å². The highest BCUT2D eigenvalue weighted by molar-refractivity contribution is 6.74. The molecule has 17 heteroatoms. The number of nitrogens with one attached hydrogen (secondary N) is 1. The van der Waals surface area contributed by atoms with Crippen molar-refractivity contribution in [1.29, 1.82) is 0 Å². The lowest BCUT2D eigenvalue weighted by atomic mass is 10.1. The van der Waals surface area contributed by atoms with E-state index in [9.17, 15) is 24.6 Å². The number of hydrogen-bond donors (Lipinski definition) is 3. The number of aliphatic hydroxyl groups excluding tert-OH is 2. The van der Waals surface area contributed by atoms with Crippen molar-refractivity contribution >= 4 is 69.6 Å². The lowest BCUT2D eigenvalue weighted by Gasteiger charge is -2.41. The molecule has 5 atom stereocenters. The number of aldehydes is 1. The van der Waals surface area contributed by atoms with Crippen molar-refractivity contribution in [2.45, 2.75) is 139 Å². The van der Waals surface area contributed by atoms with E-state index in [1.807, 2.05) is 13.1 Å². The van der Waals surface area contributed by atoms with Gasteiger partial charge < -0.3 is 28.5 Å². The van der Waals surface area contributed by atoms with Crippen LogP contribution in [0.5, 0.6) is 0 Å². The van der Waals surface area contributed by atoms with Crippen molar-refractivity contribution < 1.29 is 38.1 Å². The summed E-state index contributed by atoms with van der Waals surface area (Å²) < 4.78 is 23.6. The molecule has 1 aliphatic rings. The summed E-state index contributed by atoms with van der Waals surface area (Å²) >= 11 is 17.7. The zero-order chi connectivity index (χ0) is 36.0. The first-order valence-electron chi connectivity index (χ1n) is 15.0. The zero-order valence-electron chi connectivity index (χ0n) is 29.0. The van der Waals surface area contributed by atoms with Crippen molar-refractivity contribution in [1.82, 2.24) is 9.55 Å². The molecule has 3 N–H and O–H groups in total. The van der Waals surface area contributed by atoms with E-state index < -0.39 is 74.3 Å². The third-order valence-electron chi connectivity index (χ3n) is 9.18. The molecule has 264 valence electrons. The van der Waals surface area contributed by atoms with Gasteiger partial charge in [-0.2, -0.15) is 4.98 Å². The quantitative estimate of drug-likeness (QED) is 0.138. The average Bonchev–Trinajstić information content (AvgIpc) is 3.14. The maximum Gasteiger partial charge on any atom is 0.413 e. The molecule has 2 heterocycles. The normalized spacial score (nSPS) is 22.5. The van der Waals surface area contributed by atoms with Crippen LogP contribution in [0.15, 0.2) is 4.79 Å². The lowest BCUT2D eigenvalue weighted by Crippen LogP contribution is -2.51. The molecule has 0 aliphatic carbocycles. The van der Waals surface area contributed by atoms with Gasteiger partial charge in [-0.25, -0.2) is 9.59 Å². The molecule has 1 fully saturated rings. The summed E-state index contributed by atoms with van der Waals surface area (Å²) in [4.78, 5) is 42.6. The van der Waals surface area contributed by atoms with Crippen LogP contribution in [0.1, 0.15) is 90.7 Å². The summed E-state index contributed by atoms with van der Waals surface area (Å²) in [5.41, 5.74) is -3.25. The van der Waals surface area contributed by atoms with Crippen LogP contribution in [-0.2, 0) is 18.3 Å². The number of alkyl halides is 3. The van der Waals surface area contributed by atoms with Crippen molar-refractivity contribution in [3.8, 4) is 0 Å². The number of rotatable bonds is 10. The van der Waals surface area contributed by atoms with E-state index in [2.05, 4.69) is 64.9 Å². The summed E-state index contributed by atoms with van der Waals surface area (Å²) in [6, 6.07) is 0. The van der Waals surface area contributed by atoms with Gasteiger partial charge in [0.15, 0.2) is 40.6 Å². The van der Waals surface area contributed by atoms with Gasteiger partial charge in [0.1, 0.15) is 18.3 Å². The molecule has 1 amide bonds. The number of amides is 1. The predicted molar refractivity (Wildman–Crippen MR) is 184 cm³/mol. The zero-order valence-corrected chi connectivity index (χ0v) is 33.2. The lowest BCUT2D eigenvalue weighted by molar-refractivity contribution is -0.0564. The summed E-state index contributed by atoms with van der Waals surface area (Å²) in [7, 11) is -4.78. The third kappa shape index (κ3) is 8.93. The second-order valence-corrected chi connectivity index (χ2v) is 27.0. The summed E-state index contributed by atoms with van der Waals surface area (Å²) in [5, 5.41) is 24.5. The Hall–Kier alpha value is -1.08. The van der Waals surface area contributed by atoms with E-state index in [1.54, 1.807) is 0 Å². The highest BCUT2D eigenvalue weighted by Crippen LogP contribution is 2.44. The number of ether oxygens (including phenoxy) is 2. The molecule has 1 unspecified atom stereocenters. The second-order valence-electron chi connectivity index (χ2n) is 15.2. The van der Waals surface area contributed by atoms with Crippen LogP contribution < -0.4 is 11.0 Å². The minimum atomic E-state index is -2.51. The summed E-state index contributed by atoms with van der Waals surface area (Å²) in [6.45, 7) is 24.8. The molecule has 0 aromatic carbocycles. The van der Waals surface area contributed by atoms with Crippen molar-refractivity contribution in [2.75, 3.05) is 11.9 Å². The molecule has 0 spiro atoms. The number of aromatic nitrogens is 2. The average molecular weight is 747 g/mol. The molecular weight excluding hydrogens is 697 g/mol. The van der Waals surface area contributed by atoms with Gasteiger partial charge in [0, 0.05) is 0 Å². The van der Waals surface area contributed by atoms with Crippen LogP contribution in [0.2, 0.25) is 36.3 Å². The maximum absolute atomic E-state index is 13.6. The Morgan fingerprint density at radius 3 is 2.02 bits per heavy atom. The number of halogens is 3. The Morgan fingerprint density at radius 2 is 1.59 bits per heavy atom. The van der Waals surface area contributed by atoms with E-state index in [0.717, 1.165) is 4.57 Å². The van der Waals surface area contributed by atoms with Crippen molar-refractivity contribution in [2.24, 2.45) is 0 Å². The highest BCUT2D eigenvalue weighted by atomic mass is 35.6. The minimum Gasteiger partial charge on any atom is -0.439 e. The van der Waals surface area contributed by atoms with Crippen LogP contribution in [0.25, 0.3) is 0 Å². The number of anilines is 1. The van der Waals surface area contributed by atoms with Gasteiger partial charge in [0.05, 0.1) is 24.0 Å². The summed E-state index contributed by atoms with van der Waals surface area (Å²) in [5.74, 6) is -0.503. The number of carbonyl (C=O) groups is 2. The first-order chi connectivity index (χ1) is 20.5. The van der Waals surface area contributed by atoms with Gasteiger partial charge in [-0.05, 0) is 57.0 Å². The van der Waals surface area contributed by atoms with Crippen molar-refractivity contribution in [3.63, 3.8) is 0 Å². The molecule has 0 saturated carbocycles. The fourth-order valence-electron chi connectivity index (χ4n) is 4.10. The van der Waals surface area contributed by atoms with Gasteiger partial charge in [0.2, 0.25) is 3.79 Å². The Balaban J connectivity index is 2.65. The van der Waals surface area contributed by atoms with Crippen LogP contribution >= 0.6 is 34.8 Å². The standard InChI is InChI=1S/C29H50Cl3N3O9Si2/c1-16(37)19-17(14-36)22(34-25(40)43-28(8,9)29(30,31)32)33-24(39)35(19)23-20(38)21(44-46(12,13)27(5,6)7)18(42-23)15-41-45(10,11)26(2,3)4/h14,16,18,20-21,23,37-38H,15H2,1-13H3,(H,33,34,39,40)/t16?,18-,20-,21-,23-/m1/s1. The topological polar surface area (TPSA) is 158 Å². The van der Waals surface area contributed by atoms with Crippen LogP contribution in [0.4, 0.5) is 10.6 Å². The van der Waals surface area contributed by atoms with E-state index in [-0.39, 0.29) is 27.9 Å². The number of aliphatic hydroxyl groups is 2. The molecule has 12 nitrogen and oxygen atoms in total. The molecule has 1 aliphatic heterocycles. The SMILES string of the molecule is CC(O)c1c(C=O)c(NC(=O)OC(C)(C)C(Cl)(Cl)Cl)nc(=O)n1[C@@H]1O[C@H](CO[Si](C)(C)C(C)(C)C)[C@@H](O[Si](C)(C)C(C)(C)C)[C@H]1O. The van der Waals surface area contributed by atoms with E-state index in [4.69, 9.17) is 53.1 Å². The second kappa shape index (κ2) is 14.0. The Kier molecular flexibility index (Phi) is 12.5. The van der Waals surface area contributed by atoms with Crippen molar-refractivity contribution in [3.05, 3.63) is 21.7 Å². The van der Waals surface area contributed by atoms with E-state index >= 15 is 0 Å². The minimum absolute atomic E-state index is 0.0700. The monoisotopic (exact) mass is 745 g/mol. The van der Waals surface area contributed by atoms with Gasteiger partial charge in [-0.15, -0.1) is 0 Å². The van der Waals surface area contributed by atoms with Crippen LogP contribution in [-0.4, -0.2) is 83.1 Å². The first kappa shape index (κ1) is 41.1. The smallest absolute Gasteiger partial charge is 0.413 e. The Morgan fingerprint density at radius 1 is 1.07 bits per heavy atom. The van der Waals surface area contributed by atoms with E-state index in [1.165, 1.54) is 20.8 Å². The molecule has 1 aromatic rings. The summed E-state index contributed by atoms with van der Waals surface area (Å²) in [6.07, 6.45) is -6.90. The Bertz CT molecular complexity index is 1340. The van der Waals surface area contributed by atoms with Gasteiger partial charge in [0.25, 0.3) is 0 Å². The van der Waals surface area contributed by atoms with Gasteiger partial charge in [-0.3, -0.25) is 14.7 Å². The molecule has 0 bridgehead atoms. The molecule has 2 rings (SSSR count).